The van der Waals surface area contributed by atoms with E-state index >= 15 is 0 Å². The van der Waals surface area contributed by atoms with E-state index in [1.54, 1.807) is 0 Å². The normalized spacial score (nSPS) is 19.0. The number of benzene rings is 1. The van der Waals surface area contributed by atoms with Crippen LogP contribution in [-0.4, -0.2) is 45.2 Å². The Bertz CT molecular complexity index is 391. The van der Waals surface area contributed by atoms with Gasteiger partial charge in [-0.3, -0.25) is 0 Å². The molecular formula is C17H29N3. The Morgan fingerprint density at radius 2 is 1.80 bits per heavy atom. The van der Waals surface area contributed by atoms with Gasteiger partial charge in [0.15, 0.2) is 0 Å². The second-order valence-corrected chi connectivity index (χ2v) is 6.37. The van der Waals surface area contributed by atoms with Crippen LogP contribution in [0.5, 0.6) is 0 Å². The molecule has 1 fully saturated rings. The molecule has 0 aliphatic carbocycles. The minimum Gasteiger partial charge on any atom is -0.378 e. The molecule has 0 saturated carbocycles. The quantitative estimate of drug-likeness (QED) is 0.891. The summed E-state index contributed by atoms with van der Waals surface area (Å²) in [4.78, 5) is 4.57. The van der Waals surface area contributed by atoms with E-state index in [4.69, 9.17) is 0 Å². The van der Waals surface area contributed by atoms with Crippen molar-refractivity contribution < 1.29 is 0 Å². The second-order valence-electron chi connectivity index (χ2n) is 6.37. The van der Waals surface area contributed by atoms with Gasteiger partial charge in [0.2, 0.25) is 0 Å². The molecular weight excluding hydrogens is 246 g/mol. The third-order valence-electron chi connectivity index (χ3n) is 4.55. The third-order valence-corrected chi connectivity index (χ3v) is 4.55. The molecule has 1 aromatic rings. The Balaban J connectivity index is 1.79. The summed E-state index contributed by atoms with van der Waals surface area (Å²) in [6, 6.07) is 9.44. The molecule has 1 heterocycles. The molecule has 0 aromatic heterocycles. The van der Waals surface area contributed by atoms with Crippen LogP contribution < -0.4 is 10.2 Å². The topological polar surface area (TPSA) is 18.5 Å². The van der Waals surface area contributed by atoms with Crippen LogP contribution >= 0.6 is 0 Å². The van der Waals surface area contributed by atoms with Gasteiger partial charge in [-0.1, -0.05) is 12.1 Å². The minimum atomic E-state index is 0.609. The van der Waals surface area contributed by atoms with E-state index in [1.807, 2.05) is 0 Å². The van der Waals surface area contributed by atoms with Gasteiger partial charge < -0.3 is 15.1 Å². The molecule has 3 nitrogen and oxygen atoms in total. The Morgan fingerprint density at radius 3 is 2.35 bits per heavy atom. The smallest absolute Gasteiger partial charge is 0.0361 e. The average molecular weight is 275 g/mol. The third kappa shape index (κ3) is 4.22. The van der Waals surface area contributed by atoms with E-state index in [9.17, 15) is 0 Å². The van der Waals surface area contributed by atoms with E-state index in [-0.39, 0.29) is 0 Å². The lowest BCUT2D eigenvalue weighted by atomic mass is 9.90. The first-order valence-electron chi connectivity index (χ1n) is 7.74. The highest BCUT2D eigenvalue weighted by molar-refractivity contribution is 5.45. The second kappa shape index (κ2) is 7.09. The van der Waals surface area contributed by atoms with Gasteiger partial charge >= 0.3 is 0 Å². The van der Waals surface area contributed by atoms with Crippen LogP contribution in [0.1, 0.15) is 25.3 Å². The molecule has 1 N–H and O–H groups in total. The van der Waals surface area contributed by atoms with Crippen molar-refractivity contribution >= 4 is 5.69 Å². The van der Waals surface area contributed by atoms with E-state index in [1.165, 1.54) is 37.2 Å². The average Bonchev–Trinajstić information content (AvgIpc) is 2.46. The van der Waals surface area contributed by atoms with E-state index < -0.39 is 0 Å². The van der Waals surface area contributed by atoms with Gasteiger partial charge in [-0.05, 0) is 63.5 Å². The largest absolute Gasteiger partial charge is 0.378 e. The van der Waals surface area contributed by atoms with E-state index in [0.29, 0.717) is 6.04 Å². The highest BCUT2D eigenvalue weighted by atomic mass is 15.1. The molecule has 1 atom stereocenters. The van der Waals surface area contributed by atoms with Crippen molar-refractivity contribution in [3.05, 3.63) is 29.8 Å². The number of rotatable bonds is 5. The van der Waals surface area contributed by atoms with Gasteiger partial charge in [0, 0.05) is 32.4 Å². The maximum Gasteiger partial charge on any atom is 0.0361 e. The van der Waals surface area contributed by atoms with Crippen LogP contribution in [0.2, 0.25) is 0 Å². The molecule has 2 rings (SSSR count). The lowest BCUT2D eigenvalue weighted by molar-refractivity contribution is 0.189. The molecule has 0 spiro atoms. The molecule has 1 unspecified atom stereocenters. The first-order valence-corrected chi connectivity index (χ1v) is 7.74. The fourth-order valence-electron chi connectivity index (χ4n) is 2.89. The van der Waals surface area contributed by atoms with Crippen LogP contribution in [0.4, 0.5) is 5.69 Å². The first kappa shape index (κ1) is 15.3. The summed E-state index contributed by atoms with van der Waals surface area (Å²) in [7, 11) is 6.38. The maximum absolute atomic E-state index is 3.70. The Labute approximate surface area is 124 Å². The van der Waals surface area contributed by atoms with Gasteiger partial charge in [0.05, 0.1) is 0 Å². The maximum atomic E-state index is 3.70. The Hall–Kier alpha value is -1.06. The number of piperidine rings is 1. The molecule has 1 aliphatic heterocycles. The number of anilines is 1. The number of nitrogens with one attached hydrogen (secondary N) is 1. The Morgan fingerprint density at radius 1 is 1.20 bits per heavy atom. The van der Waals surface area contributed by atoms with Crippen molar-refractivity contribution in [1.29, 1.82) is 0 Å². The molecule has 112 valence electrons. The fourth-order valence-corrected chi connectivity index (χ4v) is 2.89. The zero-order valence-electron chi connectivity index (χ0n) is 13.4. The fraction of sp³-hybridized carbons (Fsp3) is 0.647. The molecule has 0 radical (unpaired) electrons. The van der Waals surface area contributed by atoms with Crippen LogP contribution in [0.15, 0.2) is 24.3 Å². The highest BCUT2D eigenvalue weighted by Crippen LogP contribution is 2.20. The van der Waals surface area contributed by atoms with E-state index in [2.05, 4.69) is 67.4 Å². The molecule has 3 heteroatoms. The highest BCUT2D eigenvalue weighted by Gasteiger charge is 2.21. The van der Waals surface area contributed by atoms with Gasteiger partial charge in [-0.2, -0.15) is 0 Å². The molecule has 0 bridgehead atoms. The summed E-state index contributed by atoms with van der Waals surface area (Å²) in [5.74, 6) is 0.826. The molecule has 1 saturated heterocycles. The molecule has 0 amide bonds. The van der Waals surface area contributed by atoms with Crippen molar-refractivity contribution in [2.24, 2.45) is 5.92 Å². The number of nitrogens with zero attached hydrogens (tertiary/aromatic N) is 2. The van der Waals surface area contributed by atoms with Crippen molar-refractivity contribution in [2.45, 2.75) is 32.4 Å². The summed E-state index contributed by atoms with van der Waals surface area (Å²) in [5.41, 5.74) is 2.63. The zero-order chi connectivity index (χ0) is 14.5. The van der Waals surface area contributed by atoms with Crippen LogP contribution in [0, 0.1) is 5.92 Å². The van der Waals surface area contributed by atoms with Crippen molar-refractivity contribution in [3.63, 3.8) is 0 Å². The van der Waals surface area contributed by atoms with E-state index in [0.717, 1.165) is 12.5 Å². The van der Waals surface area contributed by atoms with Crippen molar-refractivity contribution in [2.75, 3.05) is 39.1 Å². The van der Waals surface area contributed by atoms with Gasteiger partial charge in [0.1, 0.15) is 0 Å². The molecule has 20 heavy (non-hydrogen) atoms. The van der Waals surface area contributed by atoms with Crippen molar-refractivity contribution in [3.8, 4) is 0 Å². The summed E-state index contributed by atoms with van der Waals surface area (Å²) >= 11 is 0. The van der Waals surface area contributed by atoms with Crippen LogP contribution in [0.3, 0.4) is 0 Å². The molecule has 1 aliphatic rings. The van der Waals surface area contributed by atoms with Crippen LogP contribution in [-0.2, 0) is 6.54 Å². The summed E-state index contributed by atoms with van der Waals surface area (Å²) < 4.78 is 0. The SMILES string of the molecule is CC(NCc1ccc(N(C)C)cc1)C1CCN(C)CC1. The lowest BCUT2D eigenvalue weighted by Crippen LogP contribution is -2.40. The first-order chi connectivity index (χ1) is 9.56. The minimum absolute atomic E-state index is 0.609. The molecule has 1 aromatic carbocycles. The zero-order valence-corrected chi connectivity index (χ0v) is 13.4. The predicted octanol–water partition coefficient (Wildman–Crippen LogP) is 2.57. The van der Waals surface area contributed by atoms with Gasteiger partial charge in [-0.25, -0.2) is 0 Å². The number of likely N-dealkylation sites (tertiary alicyclic amines) is 1. The van der Waals surface area contributed by atoms with Crippen LogP contribution in [0.25, 0.3) is 0 Å². The summed E-state index contributed by atoms with van der Waals surface area (Å²) in [6.45, 7) is 5.80. The number of hydrogen-bond acceptors (Lipinski definition) is 3. The standard InChI is InChI=1S/C17H29N3/c1-14(16-9-11-20(4)12-10-16)18-13-15-5-7-17(8-6-15)19(2)3/h5-8,14,16,18H,9-13H2,1-4H3. The monoisotopic (exact) mass is 275 g/mol. The van der Waals surface area contributed by atoms with Crippen molar-refractivity contribution in [1.82, 2.24) is 10.2 Å². The number of hydrogen-bond donors (Lipinski definition) is 1. The summed E-state index contributed by atoms with van der Waals surface area (Å²) in [6.07, 6.45) is 2.65. The Kier molecular flexibility index (Phi) is 5.44. The lowest BCUT2D eigenvalue weighted by Gasteiger charge is -2.33. The van der Waals surface area contributed by atoms with Gasteiger partial charge in [-0.15, -0.1) is 0 Å². The van der Waals surface area contributed by atoms with Gasteiger partial charge in [0.25, 0.3) is 0 Å². The predicted molar refractivity (Wildman–Crippen MR) is 87.3 cm³/mol. The summed E-state index contributed by atoms with van der Waals surface area (Å²) in [5, 5.41) is 3.70.